The first kappa shape index (κ1) is 15.4. The van der Waals surface area contributed by atoms with Crippen molar-refractivity contribution < 1.29 is 31.1 Å². The van der Waals surface area contributed by atoms with E-state index in [4.69, 9.17) is 4.74 Å². The fourth-order valence-electron chi connectivity index (χ4n) is 1.36. The van der Waals surface area contributed by atoms with Crippen molar-refractivity contribution in [3.63, 3.8) is 0 Å². The van der Waals surface area contributed by atoms with E-state index in [-0.39, 0.29) is 12.4 Å². The standard InChI is InChI=1S/C12H10F6O/c1-2-7-19-9-5-3-8(4-6-9)11(15,10(13)14)12(16,17)18/h2-6,10H,1,7H2. The molecule has 0 N–H and O–H groups in total. The van der Waals surface area contributed by atoms with E-state index < -0.39 is 23.8 Å². The van der Waals surface area contributed by atoms with Gasteiger partial charge in [-0.15, -0.1) is 0 Å². The van der Waals surface area contributed by atoms with Gasteiger partial charge in [0.05, 0.1) is 0 Å². The Balaban J connectivity index is 3.09. The van der Waals surface area contributed by atoms with Gasteiger partial charge in [-0.2, -0.15) is 13.2 Å². The van der Waals surface area contributed by atoms with Gasteiger partial charge in [-0.1, -0.05) is 24.8 Å². The van der Waals surface area contributed by atoms with Crippen molar-refractivity contribution in [3.8, 4) is 5.75 Å². The van der Waals surface area contributed by atoms with Gasteiger partial charge in [0.25, 0.3) is 12.1 Å². The third kappa shape index (κ3) is 3.02. The number of alkyl halides is 6. The van der Waals surface area contributed by atoms with Crippen LogP contribution in [0.4, 0.5) is 26.3 Å². The molecule has 0 bridgehead atoms. The Labute approximate surface area is 105 Å². The molecule has 0 spiro atoms. The van der Waals surface area contributed by atoms with Crippen LogP contribution in [-0.2, 0) is 5.67 Å². The zero-order valence-electron chi connectivity index (χ0n) is 9.55. The molecule has 1 nitrogen and oxygen atoms in total. The quantitative estimate of drug-likeness (QED) is 0.580. The van der Waals surface area contributed by atoms with E-state index in [1.54, 1.807) is 0 Å². The van der Waals surface area contributed by atoms with Gasteiger partial charge in [0.1, 0.15) is 12.4 Å². The first-order valence-electron chi connectivity index (χ1n) is 5.11. The van der Waals surface area contributed by atoms with Crippen molar-refractivity contribution >= 4 is 0 Å². The van der Waals surface area contributed by atoms with Gasteiger partial charge in [0, 0.05) is 5.56 Å². The predicted octanol–water partition coefficient (Wildman–Crippen LogP) is 4.24. The number of benzene rings is 1. The molecule has 0 saturated heterocycles. The van der Waals surface area contributed by atoms with Crippen molar-refractivity contribution in [2.75, 3.05) is 6.61 Å². The first-order valence-corrected chi connectivity index (χ1v) is 5.11. The van der Waals surface area contributed by atoms with E-state index in [0.29, 0.717) is 12.1 Å². The topological polar surface area (TPSA) is 9.23 Å². The average Bonchev–Trinajstić information content (AvgIpc) is 2.34. The number of hydrogen-bond acceptors (Lipinski definition) is 1. The van der Waals surface area contributed by atoms with E-state index >= 15 is 0 Å². The molecule has 0 aliphatic rings. The van der Waals surface area contributed by atoms with Gasteiger partial charge in [0.15, 0.2) is 0 Å². The first-order chi connectivity index (χ1) is 8.73. The molecule has 0 amide bonds. The lowest BCUT2D eigenvalue weighted by molar-refractivity contribution is -0.274. The number of hydrogen-bond donors (Lipinski definition) is 0. The normalized spacial score (nSPS) is 15.1. The Morgan fingerprint density at radius 2 is 1.63 bits per heavy atom. The second-order valence-electron chi connectivity index (χ2n) is 3.63. The minimum atomic E-state index is -5.70. The molecular weight excluding hydrogens is 274 g/mol. The molecule has 1 atom stereocenters. The third-order valence-electron chi connectivity index (χ3n) is 2.36. The third-order valence-corrected chi connectivity index (χ3v) is 2.36. The summed E-state index contributed by atoms with van der Waals surface area (Å²) in [5.41, 5.74) is -5.86. The van der Waals surface area contributed by atoms with Crippen LogP contribution in [0.2, 0.25) is 0 Å². The summed E-state index contributed by atoms with van der Waals surface area (Å²) < 4.78 is 80.8. The summed E-state index contributed by atoms with van der Waals surface area (Å²) in [5, 5.41) is 0. The highest BCUT2D eigenvalue weighted by Crippen LogP contribution is 2.47. The summed E-state index contributed by atoms with van der Waals surface area (Å²) in [5.74, 6) is 0.127. The largest absolute Gasteiger partial charge is 0.490 e. The van der Waals surface area contributed by atoms with Gasteiger partial charge in [-0.25, -0.2) is 13.2 Å². The number of ether oxygens (including phenoxy) is 1. The van der Waals surface area contributed by atoms with Crippen molar-refractivity contribution in [3.05, 3.63) is 42.5 Å². The molecule has 7 heteroatoms. The van der Waals surface area contributed by atoms with E-state index in [0.717, 1.165) is 12.1 Å². The Hall–Kier alpha value is -1.66. The van der Waals surface area contributed by atoms with E-state index in [1.165, 1.54) is 6.08 Å². The van der Waals surface area contributed by atoms with Gasteiger partial charge >= 0.3 is 6.18 Å². The van der Waals surface area contributed by atoms with Crippen molar-refractivity contribution in [1.82, 2.24) is 0 Å². The molecule has 19 heavy (non-hydrogen) atoms. The van der Waals surface area contributed by atoms with Crippen LogP contribution >= 0.6 is 0 Å². The molecule has 0 aromatic heterocycles. The van der Waals surface area contributed by atoms with Gasteiger partial charge < -0.3 is 4.74 Å². The fourth-order valence-corrected chi connectivity index (χ4v) is 1.36. The van der Waals surface area contributed by atoms with Crippen molar-refractivity contribution in [2.24, 2.45) is 0 Å². The molecule has 0 heterocycles. The highest BCUT2D eigenvalue weighted by molar-refractivity contribution is 5.32. The van der Waals surface area contributed by atoms with E-state index in [1.807, 2.05) is 0 Å². The smallest absolute Gasteiger partial charge is 0.432 e. The number of halogens is 6. The molecule has 1 unspecified atom stereocenters. The second kappa shape index (κ2) is 5.54. The minimum Gasteiger partial charge on any atom is -0.490 e. The summed E-state index contributed by atoms with van der Waals surface area (Å²) in [6, 6.07) is 3.22. The van der Waals surface area contributed by atoms with Crippen LogP contribution in [0.15, 0.2) is 36.9 Å². The Morgan fingerprint density at radius 1 is 1.11 bits per heavy atom. The van der Waals surface area contributed by atoms with Crippen LogP contribution in [0, 0.1) is 0 Å². The molecular formula is C12H10F6O. The lowest BCUT2D eigenvalue weighted by Crippen LogP contribution is -2.44. The lowest BCUT2D eigenvalue weighted by Gasteiger charge is -2.27. The molecule has 0 saturated carbocycles. The molecule has 1 aromatic rings. The van der Waals surface area contributed by atoms with Crippen LogP contribution in [0.1, 0.15) is 5.56 Å². The number of rotatable bonds is 5. The molecule has 106 valence electrons. The van der Waals surface area contributed by atoms with Crippen LogP contribution in [0.25, 0.3) is 0 Å². The summed E-state index contributed by atoms with van der Waals surface area (Å²) in [6.45, 7) is 3.45. The van der Waals surface area contributed by atoms with Crippen LogP contribution in [-0.4, -0.2) is 19.2 Å². The summed E-state index contributed by atoms with van der Waals surface area (Å²) in [4.78, 5) is 0. The summed E-state index contributed by atoms with van der Waals surface area (Å²) in [6.07, 6.45) is -8.53. The molecule has 1 aromatic carbocycles. The molecule has 0 radical (unpaired) electrons. The Bertz CT molecular complexity index is 425. The molecule has 0 aliphatic carbocycles. The Morgan fingerprint density at radius 3 is 2.00 bits per heavy atom. The highest BCUT2D eigenvalue weighted by Gasteiger charge is 2.63. The monoisotopic (exact) mass is 284 g/mol. The van der Waals surface area contributed by atoms with Crippen LogP contribution < -0.4 is 4.74 Å². The maximum absolute atomic E-state index is 13.6. The molecule has 0 fully saturated rings. The summed E-state index contributed by atoms with van der Waals surface area (Å²) >= 11 is 0. The van der Waals surface area contributed by atoms with E-state index in [9.17, 15) is 26.3 Å². The van der Waals surface area contributed by atoms with E-state index in [2.05, 4.69) is 6.58 Å². The predicted molar refractivity (Wildman–Crippen MR) is 57.0 cm³/mol. The van der Waals surface area contributed by atoms with Crippen LogP contribution in [0.5, 0.6) is 5.75 Å². The van der Waals surface area contributed by atoms with Crippen LogP contribution in [0.3, 0.4) is 0 Å². The van der Waals surface area contributed by atoms with Crippen molar-refractivity contribution in [2.45, 2.75) is 18.3 Å². The zero-order valence-corrected chi connectivity index (χ0v) is 9.55. The average molecular weight is 284 g/mol. The summed E-state index contributed by atoms with van der Waals surface area (Å²) in [7, 11) is 0. The molecule has 0 aliphatic heterocycles. The Kier molecular flexibility index (Phi) is 4.49. The zero-order chi connectivity index (χ0) is 14.7. The fraction of sp³-hybridized carbons (Fsp3) is 0.333. The van der Waals surface area contributed by atoms with Crippen molar-refractivity contribution in [1.29, 1.82) is 0 Å². The minimum absolute atomic E-state index is 0.0915. The maximum Gasteiger partial charge on any atom is 0.432 e. The lowest BCUT2D eigenvalue weighted by atomic mass is 9.95. The SMILES string of the molecule is C=CCOc1ccc(C(F)(C(F)F)C(F)(F)F)cc1. The molecule has 1 rings (SSSR count). The van der Waals surface area contributed by atoms with Gasteiger partial charge in [0.2, 0.25) is 0 Å². The maximum atomic E-state index is 13.6. The highest BCUT2D eigenvalue weighted by atomic mass is 19.4. The van der Waals surface area contributed by atoms with Gasteiger partial charge in [-0.3, -0.25) is 0 Å². The second-order valence-corrected chi connectivity index (χ2v) is 3.63. The van der Waals surface area contributed by atoms with Gasteiger partial charge in [-0.05, 0) is 12.1 Å².